The smallest absolute Gasteiger partial charge is 0.311 e. The van der Waals surface area contributed by atoms with Crippen LogP contribution in [0.15, 0.2) is 17.5 Å². The Bertz CT molecular complexity index is 592. The molecule has 0 aromatic carbocycles. The number of nitrogens with zero attached hydrogens (tertiary/aromatic N) is 2. The molecule has 2 N–H and O–H groups in total. The maximum Gasteiger partial charge on any atom is 0.311 e. The standard InChI is InChI=1S/C16H22N4O3S/c21-14(17-10-13-2-1-9-24-13)11-19-5-7-20(8-6-19)16(23)15(22)18-12-3-4-12/h1-2,9,12H,3-8,10-11H2,(H,17,21)(H,18,22). The van der Waals surface area contributed by atoms with Crippen LogP contribution in [0.3, 0.4) is 0 Å². The summed E-state index contributed by atoms with van der Waals surface area (Å²) in [6, 6.07) is 4.14. The van der Waals surface area contributed by atoms with Gasteiger partial charge in [-0.05, 0) is 24.3 Å². The van der Waals surface area contributed by atoms with Crippen LogP contribution in [0.5, 0.6) is 0 Å². The number of rotatable bonds is 5. The Morgan fingerprint density at radius 3 is 2.54 bits per heavy atom. The van der Waals surface area contributed by atoms with Gasteiger partial charge in [0.15, 0.2) is 0 Å². The molecule has 0 spiro atoms. The Labute approximate surface area is 145 Å². The molecular weight excluding hydrogens is 328 g/mol. The first-order valence-electron chi connectivity index (χ1n) is 8.23. The molecular formula is C16H22N4O3S. The highest BCUT2D eigenvalue weighted by Crippen LogP contribution is 2.18. The normalized spacial score (nSPS) is 18.2. The molecule has 0 unspecified atom stereocenters. The van der Waals surface area contributed by atoms with Crippen molar-refractivity contribution in [3.63, 3.8) is 0 Å². The minimum absolute atomic E-state index is 0.0188. The van der Waals surface area contributed by atoms with Crippen LogP contribution in [0.4, 0.5) is 0 Å². The Morgan fingerprint density at radius 1 is 1.17 bits per heavy atom. The van der Waals surface area contributed by atoms with Gasteiger partial charge in [-0.2, -0.15) is 0 Å². The Hall–Kier alpha value is -1.93. The van der Waals surface area contributed by atoms with E-state index in [2.05, 4.69) is 10.6 Å². The molecule has 0 bridgehead atoms. The number of carbonyl (C=O) groups excluding carboxylic acids is 3. The fraction of sp³-hybridized carbons (Fsp3) is 0.562. The monoisotopic (exact) mass is 350 g/mol. The van der Waals surface area contributed by atoms with Crippen molar-refractivity contribution in [2.75, 3.05) is 32.7 Å². The lowest BCUT2D eigenvalue weighted by Crippen LogP contribution is -2.54. The molecule has 7 nitrogen and oxygen atoms in total. The second kappa shape index (κ2) is 7.76. The highest BCUT2D eigenvalue weighted by Gasteiger charge is 2.30. The summed E-state index contributed by atoms with van der Waals surface area (Å²) in [4.78, 5) is 40.5. The molecule has 3 rings (SSSR count). The maximum absolute atomic E-state index is 12.0. The van der Waals surface area contributed by atoms with Gasteiger partial charge >= 0.3 is 11.8 Å². The maximum atomic E-state index is 12.0. The molecule has 2 heterocycles. The highest BCUT2D eigenvalue weighted by atomic mass is 32.1. The largest absolute Gasteiger partial charge is 0.350 e. The van der Waals surface area contributed by atoms with Crippen molar-refractivity contribution in [1.29, 1.82) is 0 Å². The van der Waals surface area contributed by atoms with Crippen LogP contribution in [-0.4, -0.2) is 66.3 Å². The lowest BCUT2D eigenvalue weighted by Gasteiger charge is -2.33. The molecule has 0 radical (unpaired) electrons. The van der Waals surface area contributed by atoms with E-state index in [-0.39, 0.29) is 11.9 Å². The lowest BCUT2D eigenvalue weighted by atomic mass is 10.3. The fourth-order valence-corrected chi connectivity index (χ4v) is 3.23. The summed E-state index contributed by atoms with van der Waals surface area (Å²) in [7, 11) is 0. The average Bonchev–Trinajstić information content (AvgIpc) is 3.24. The molecule has 1 aromatic heterocycles. The quantitative estimate of drug-likeness (QED) is 0.720. The summed E-state index contributed by atoms with van der Waals surface area (Å²) in [6.07, 6.45) is 1.93. The first-order valence-corrected chi connectivity index (χ1v) is 9.11. The van der Waals surface area contributed by atoms with E-state index >= 15 is 0 Å². The summed E-state index contributed by atoms with van der Waals surface area (Å²) < 4.78 is 0. The zero-order chi connectivity index (χ0) is 16.9. The molecule has 1 saturated carbocycles. The number of hydrogen-bond donors (Lipinski definition) is 2. The summed E-state index contributed by atoms with van der Waals surface area (Å²) in [5, 5.41) is 7.60. The van der Waals surface area contributed by atoms with E-state index in [1.54, 1.807) is 16.2 Å². The van der Waals surface area contributed by atoms with Gasteiger partial charge in [0.1, 0.15) is 0 Å². The minimum atomic E-state index is -0.500. The molecule has 24 heavy (non-hydrogen) atoms. The van der Waals surface area contributed by atoms with Crippen LogP contribution in [0.25, 0.3) is 0 Å². The number of hydrogen-bond acceptors (Lipinski definition) is 5. The van der Waals surface area contributed by atoms with Crippen molar-refractivity contribution in [2.24, 2.45) is 0 Å². The zero-order valence-electron chi connectivity index (χ0n) is 13.5. The Balaban J connectivity index is 1.35. The molecule has 130 valence electrons. The topological polar surface area (TPSA) is 81.8 Å². The minimum Gasteiger partial charge on any atom is -0.350 e. The van der Waals surface area contributed by atoms with Crippen molar-refractivity contribution in [1.82, 2.24) is 20.4 Å². The molecule has 1 aromatic rings. The van der Waals surface area contributed by atoms with Gasteiger partial charge in [0.25, 0.3) is 0 Å². The van der Waals surface area contributed by atoms with E-state index in [1.165, 1.54) is 0 Å². The predicted octanol–water partition coefficient (Wildman–Crippen LogP) is -0.213. The van der Waals surface area contributed by atoms with E-state index in [0.29, 0.717) is 39.3 Å². The van der Waals surface area contributed by atoms with E-state index in [9.17, 15) is 14.4 Å². The first-order chi connectivity index (χ1) is 11.6. The summed E-state index contributed by atoms with van der Waals surface area (Å²) in [5.41, 5.74) is 0. The van der Waals surface area contributed by atoms with Crippen molar-refractivity contribution >= 4 is 29.1 Å². The third-order valence-corrected chi connectivity index (χ3v) is 5.05. The van der Waals surface area contributed by atoms with Crippen LogP contribution in [0.1, 0.15) is 17.7 Å². The van der Waals surface area contributed by atoms with Gasteiger partial charge in [-0.3, -0.25) is 19.3 Å². The highest BCUT2D eigenvalue weighted by molar-refractivity contribution is 7.09. The molecule has 8 heteroatoms. The third-order valence-electron chi connectivity index (χ3n) is 4.17. The van der Waals surface area contributed by atoms with E-state index in [4.69, 9.17) is 0 Å². The van der Waals surface area contributed by atoms with E-state index in [1.807, 2.05) is 22.4 Å². The van der Waals surface area contributed by atoms with Crippen LogP contribution >= 0.6 is 11.3 Å². The summed E-state index contributed by atoms with van der Waals surface area (Å²) in [5.74, 6) is -0.974. The summed E-state index contributed by atoms with van der Waals surface area (Å²) >= 11 is 1.62. The van der Waals surface area contributed by atoms with Crippen molar-refractivity contribution in [2.45, 2.75) is 25.4 Å². The molecule has 1 saturated heterocycles. The van der Waals surface area contributed by atoms with Crippen molar-refractivity contribution < 1.29 is 14.4 Å². The van der Waals surface area contributed by atoms with Gasteiger partial charge in [0, 0.05) is 37.1 Å². The number of nitrogens with one attached hydrogen (secondary N) is 2. The van der Waals surface area contributed by atoms with Gasteiger partial charge in [-0.1, -0.05) is 6.07 Å². The van der Waals surface area contributed by atoms with E-state index in [0.717, 1.165) is 17.7 Å². The third kappa shape index (κ3) is 4.78. The van der Waals surface area contributed by atoms with Gasteiger partial charge in [-0.15, -0.1) is 11.3 Å². The molecule has 3 amide bonds. The second-order valence-electron chi connectivity index (χ2n) is 6.17. The molecule has 2 fully saturated rings. The van der Waals surface area contributed by atoms with Crippen molar-refractivity contribution in [3.05, 3.63) is 22.4 Å². The van der Waals surface area contributed by atoms with Gasteiger partial charge in [0.2, 0.25) is 5.91 Å². The molecule has 1 aliphatic carbocycles. The second-order valence-corrected chi connectivity index (χ2v) is 7.20. The lowest BCUT2D eigenvalue weighted by molar-refractivity contribution is -0.147. The van der Waals surface area contributed by atoms with Gasteiger partial charge in [0.05, 0.1) is 13.1 Å². The zero-order valence-corrected chi connectivity index (χ0v) is 14.3. The Morgan fingerprint density at radius 2 is 1.92 bits per heavy atom. The first kappa shape index (κ1) is 16.9. The number of thiophene rings is 1. The van der Waals surface area contributed by atoms with Crippen molar-refractivity contribution in [3.8, 4) is 0 Å². The SMILES string of the molecule is O=C(CN1CCN(C(=O)C(=O)NC2CC2)CC1)NCc1cccs1. The fourth-order valence-electron chi connectivity index (χ4n) is 2.59. The number of carbonyl (C=O) groups is 3. The molecule has 2 aliphatic rings. The molecule has 1 aliphatic heterocycles. The van der Waals surface area contributed by atoms with E-state index < -0.39 is 11.8 Å². The number of piperazine rings is 1. The molecule has 0 atom stereocenters. The van der Waals surface area contributed by atoms with Crippen LogP contribution in [0.2, 0.25) is 0 Å². The summed E-state index contributed by atoms with van der Waals surface area (Å²) in [6.45, 7) is 3.05. The van der Waals surface area contributed by atoms with Gasteiger partial charge in [-0.25, -0.2) is 0 Å². The predicted molar refractivity (Wildman–Crippen MR) is 90.4 cm³/mol. The Kier molecular flexibility index (Phi) is 5.47. The average molecular weight is 350 g/mol. The van der Waals surface area contributed by atoms with Gasteiger partial charge < -0.3 is 15.5 Å². The van der Waals surface area contributed by atoms with Crippen LogP contribution in [-0.2, 0) is 20.9 Å². The van der Waals surface area contributed by atoms with Crippen LogP contribution in [0, 0.1) is 0 Å². The van der Waals surface area contributed by atoms with Crippen LogP contribution < -0.4 is 10.6 Å². The number of amides is 3.